The van der Waals surface area contributed by atoms with Gasteiger partial charge in [-0.25, -0.2) is 0 Å². The quantitative estimate of drug-likeness (QED) is 0.125. The normalized spacial score (nSPS) is 13.1. The van der Waals surface area contributed by atoms with Crippen molar-refractivity contribution >= 4 is 17.1 Å². The van der Waals surface area contributed by atoms with E-state index in [0.717, 1.165) is 28.2 Å². The van der Waals surface area contributed by atoms with Gasteiger partial charge in [0.15, 0.2) is 0 Å². The highest BCUT2D eigenvalue weighted by atomic mass is 15.1. The summed E-state index contributed by atoms with van der Waals surface area (Å²) in [7, 11) is 0. The Kier molecular flexibility index (Phi) is 12.2. The van der Waals surface area contributed by atoms with Crippen molar-refractivity contribution < 1.29 is 0 Å². The minimum absolute atomic E-state index is 0.290. The van der Waals surface area contributed by atoms with Gasteiger partial charge in [0.05, 0.1) is 11.1 Å². The number of benzene rings is 13. The molecule has 13 aromatic rings. The van der Waals surface area contributed by atoms with Gasteiger partial charge in [0.25, 0.3) is 0 Å². The Hall–Kier alpha value is -10.3. The predicted octanol–water partition coefficient (Wildman–Crippen LogP) is 21.8. The van der Waals surface area contributed by atoms with Crippen molar-refractivity contribution in [3.8, 4) is 89.0 Å². The Morgan fingerprint density at radius 3 is 0.964 bits per heavy atom. The van der Waals surface area contributed by atoms with Crippen molar-refractivity contribution in [1.82, 2.24) is 0 Å². The van der Waals surface area contributed by atoms with Gasteiger partial charge in [-0.2, -0.15) is 0 Å². The second-order valence-electron chi connectivity index (χ2n) is 22.8. The van der Waals surface area contributed by atoms with Gasteiger partial charge >= 0.3 is 0 Å². The van der Waals surface area contributed by atoms with Crippen LogP contribution in [0, 0.1) is 0 Å². The molecule has 2 aliphatic rings. The third-order valence-electron chi connectivity index (χ3n) is 17.8. The molecule has 0 heterocycles. The van der Waals surface area contributed by atoms with Crippen molar-refractivity contribution in [3.63, 3.8) is 0 Å². The number of nitrogens with zero attached hydrogens (tertiary/aromatic N) is 1. The summed E-state index contributed by atoms with van der Waals surface area (Å²) in [5, 5.41) is 0. The Morgan fingerprint density at radius 1 is 0.217 bits per heavy atom. The lowest BCUT2D eigenvalue weighted by atomic mass is 9.67. The molecule has 0 atom stereocenters. The lowest BCUT2D eigenvalue weighted by molar-refractivity contribution is 0.660. The molecule has 0 unspecified atom stereocenters. The predicted molar refractivity (Wildman–Crippen MR) is 349 cm³/mol. The molecule has 1 nitrogen and oxygen atoms in total. The summed E-state index contributed by atoms with van der Waals surface area (Å²) in [5.74, 6) is 0. The lowest BCUT2D eigenvalue weighted by Gasteiger charge is -2.35. The van der Waals surface area contributed by atoms with Crippen molar-refractivity contribution in [2.24, 2.45) is 0 Å². The highest BCUT2D eigenvalue weighted by Crippen LogP contribution is 2.59. The monoisotopic (exact) mass is 1060 g/mol. The molecule has 0 radical (unpaired) electrons. The third-order valence-corrected chi connectivity index (χ3v) is 17.8. The van der Waals surface area contributed by atoms with Crippen LogP contribution in [0.4, 0.5) is 17.1 Å². The van der Waals surface area contributed by atoms with Gasteiger partial charge in [-0.3, -0.25) is 0 Å². The van der Waals surface area contributed by atoms with Crippen LogP contribution in [-0.4, -0.2) is 0 Å². The molecule has 0 aromatic heterocycles. The summed E-state index contributed by atoms with van der Waals surface area (Å²) in [5.41, 5.74) is 29.6. The van der Waals surface area contributed by atoms with E-state index in [9.17, 15) is 0 Å². The lowest BCUT2D eigenvalue weighted by Crippen LogP contribution is -2.29. The van der Waals surface area contributed by atoms with Crippen molar-refractivity contribution in [2.45, 2.75) is 24.7 Å². The molecule has 0 saturated heterocycles. The smallest absolute Gasteiger partial charge is 0.0714 e. The van der Waals surface area contributed by atoms with Crippen molar-refractivity contribution in [1.29, 1.82) is 0 Å². The Balaban J connectivity index is 0.867. The standard InChI is InChI=1S/C82H59N/c1-81(2)76-52-65(63-38-36-62(37-39-63)61-34-32-59(33-35-61)56-20-8-3-9-21-56)44-48-72(76)73-50-46-69(54-77(73)81)83(80-31-19-18-30-71(80)64-42-40-60(41-43-64)57-22-10-4-11-23-57)70-47-51-75-74-49-45-66(58-24-12-5-13-25-58)53-78(74)82(79(75)55-70,67-26-14-6-15-27-67)68-28-16-7-17-29-68/h3-55H,1-2H3. The van der Waals surface area contributed by atoms with Gasteiger partial charge in [0, 0.05) is 22.4 Å². The Morgan fingerprint density at radius 2 is 0.506 bits per heavy atom. The summed E-state index contributed by atoms with van der Waals surface area (Å²) in [6.45, 7) is 4.81. The van der Waals surface area contributed by atoms with Crippen molar-refractivity contribution in [2.75, 3.05) is 4.90 Å². The minimum atomic E-state index is -0.625. The van der Waals surface area contributed by atoms with E-state index in [2.05, 4.69) is 340 Å². The third kappa shape index (κ3) is 8.47. The Bertz CT molecular complexity index is 4470. The van der Waals surface area contributed by atoms with Gasteiger partial charge in [-0.15, -0.1) is 0 Å². The number of fused-ring (bicyclic) bond motifs is 6. The fourth-order valence-corrected chi connectivity index (χ4v) is 13.6. The van der Waals surface area contributed by atoms with Gasteiger partial charge in [-0.05, 0) is 159 Å². The Labute approximate surface area is 487 Å². The molecule has 0 N–H and O–H groups in total. The first-order chi connectivity index (χ1) is 40.9. The number of para-hydroxylation sites is 1. The van der Waals surface area contributed by atoms with Crippen LogP contribution in [0.2, 0.25) is 0 Å². The fraction of sp³-hybridized carbons (Fsp3) is 0.0488. The molecule has 0 bridgehead atoms. The second kappa shape index (κ2) is 20.3. The summed E-state index contributed by atoms with van der Waals surface area (Å²) >= 11 is 0. The minimum Gasteiger partial charge on any atom is -0.310 e. The first kappa shape index (κ1) is 49.7. The van der Waals surface area contributed by atoms with Crippen LogP contribution in [0.5, 0.6) is 0 Å². The highest BCUT2D eigenvalue weighted by Gasteiger charge is 2.47. The molecule has 0 amide bonds. The molecule has 392 valence electrons. The van der Waals surface area contributed by atoms with Gasteiger partial charge in [0.1, 0.15) is 0 Å². The van der Waals surface area contributed by atoms with E-state index in [0.29, 0.717) is 0 Å². The fourth-order valence-electron chi connectivity index (χ4n) is 13.6. The number of hydrogen-bond donors (Lipinski definition) is 0. The van der Waals surface area contributed by atoms with Gasteiger partial charge in [0.2, 0.25) is 0 Å². The van der Waals surface area contributed by atoms with E-state index in [1.54, 1.807) is 0 Å². The summed E-state index contributed by atoms with van der Waals surface area (Å²) < 4.78 is 0. The van der Waals surface area contributed by atoms with Crippen LogP contribution in [0.3, 0.4) is 0 Å². The molecule has 0 aliphatic heterocycles. The van der Waals surface area contributed by atoms with E-state index in [1.165, 1.54) is 111 Å². The van der Waals surface area contributed by atoms with Crippen LogP contribution < -0.4 is 4.90 Å². The maximum Gasteiger partial charge on any atom is 0.0714 e. The zero-order chi connectivity index (χ0) is 55.5. The molecular weight excluding hydrogens is 999 g/mol. The number of rotatable bonds is 11. The summed E-state index contributed by atoms with van der Waals surface area (Å²) in [6, 6.07) is 119. The molecule has 13 aromatic carbocycles. The van der Waals surface area contributed by atoms with Gasteiger partial charge in [-0.1, -0.05) is 293 Å². The number of anilines is 3. The van der Waals surface area contributed by atoms with E-state index in [1.807, 2.05) is 0 Å². The average molecular weight is 1060 g/mol. The van der Waals surface area contributed by atoms with Crippen LogP contribution in [-0.2, 0) is 10.8 Å². The molecule has 1 heteroatoms. The molecule has 83 heavy (non-hydrogen) atoms. The zero-order valence-electron chi connectivity index (χ0n) is 46.5. The van der Waals surface area contributed by atoms with Crippen LogP contribution in [0.25, 0.3) is 89.0 Å². The molecule has 0 spiro atoms. The molecule has 0 saturated carbocycles. The van der Waals surface area contributed by atoms with E-state index < -0.39 is 5.41 Å². The first-order valence-electron chi connectivity index (χ1n) is 29.0. The second-order valence-corrected chi connectivity index (χ2v) is 22.8. The average Bonchev–Trinajstić information content (AvgIpc) is 2.78. The van der Waals surface area contributed by atoms with Gasteiger partial charge < -0.3 is 4.90 Å². The molecule has 2 aliphatic carbocycles. The largest absolute Gasteiger partial charge is 0.310 e. The highest BCUT2D eigenvalue weighted by molar-refractivity contribution is 5.95. The topological polar surface area (TPSA) is 3.24 Å². The maximum absolute atomic E-state index is 2.53. The summed E-state index contributed by atoms with van der Waals surface area (Å²) in [6.07, 6.45) is 0. The first-order valence-corrected chi connectivity index (χ1v) is 29.0. The molecule has 0 fully saturated rings. The molecular formula is C82H59N. The van der Waals surface area contributed by atoms with Crippen LogP contribution >= 0.6 is 0 Å². The zero-order valence-corrected chi connectivity index (χ0v) is 46.5. The summed E-state index contributed by atoms with van der Waals surface area (Å²) in [4.78, 5) is 2.53. The van der Waals surface area contributed by atoms with E-state index >= 15 is 0 Å². The van der Waals surface area contributed by atoms with Crippen molar-refractivity contribution in [3.05, 3.63) is 355 Å². The SMILES string of the molecule is CC1(C)c2cc(-c3ccc(-c4ccc(-c5ccccc5)cc4)cc3)ccc2-c2ccc(N(c3ccc4c(c3)C(c3ccccc3)(c3ccccc3)c3cc(-c5ccccc5)ccc3-4)c3ccccc3-c3ccc(-c4ccccc4)cc3)cc21. The molecule has 15 rings (SSSR count). The van der Waals surface area contributed by atoms with Crippen LogP contribution in [0.15, 0.2) is 322 Å². The number of hydrogen-bond acceptors (Lipinski definition) is 1. The van der Waals surface area contributed by atoms with Crippen LogP contribution in [0.1, 0.15) is 47.2 Å². The maximum atomic E-state index is 2.53. The van der Waals surface area contributed by atoms with E-state index in [-0.39, 0.29) is 5.41 Å². The van der Waals surface area contributed by atoms with E-state index in [4.69, 9.17) is 0 Å².